The third-order valence-corrected chi connectivity index (χ3v) is 5.35. The molecule has 2 heteroatoms. The third-order valence-electron chi connectivity index (χ3n) is 3.59. The highest BCUT2D eigenvalue weighted by Gasteiger charge is 2.14. The molecular formula is C19H17OSi. The van der Waals surface area contributed by atoms with Gasteiger partial charge in [-0.25, -0.2) is 0 Å². The second kappa shape index (κ2) is 6.08. The van der Waals surface area contributed by atoms with Gasteiger partial charge in [-0.1, -0.05) is 84.4 Å². The van der Waals surface area contributed by atoms with Gasteiger partial charge in [0.25, 0.3) is 9.04 Å². The standard InChI is InChI=1S/C19H17OSi/c1-15-7-9-16(10-8-15)17-11-13-19(14-12-17)21(20)18-5-3-2-4-6-18/h2-14,20H,1H3. The summed E-state index contributed by atoms with van der Waals surface area (Å²) < 4.78 is 0. The van der Waals surface area contributed by atoms with Crippen LogP contribution in [0.1, 0.15) is 5.56 Å². The highest BCUT2D eigenvalue weighted by Crippen LogP contribution is 2.18. The molecule has 1 radical (unpaired) electrons. The molecular weight excluding hydrogens is 272 g/mol. The Kier molecular flexibility index (Phi) is 4.00. The van der Waals surface area contributed by atoms with Gasteiger partial charge in [-0.2, -0.15) is 0 Å². The van der Waals surface area contributed by atoms with Crippen molar-refractivity contribution in [3.63, 3.8) is 0 Å². The van der Waals surface area contributed by atoms with Gasteiger partial charge >= 0.3 is 0 Å². The van der Waals surface area contributed by atoms with Crippen molar-refractivity contribution in [1.82, 2.24) is 0 Å². The minimum Gasteiger partial charge on any atom is -0.424 e. The zero-order valence-electron chi connectivity index (χ0n) is 12.0. The summed E-state index contributed by atoms with van der Waals surface area (Å²) in [7, 11) is -1.65. The molecule has 3 aromatic rings. The molecule has 0 amide bonds. The molecule has 0 saturated heterocycles. The van der Waals surface area contributed by atoms with Crippen molar-refractivity contribution >= 4 is 19.4 Å². The lowest BCUT2D eigenvalue weighted by molar-refractivity contribution is 0.600. The monoisotopic (exact) mass is 289 g/mol. The smallest absolute Gasteiger partial charge is 0.280 e. The van der Waals surface area contributed by atoms with Crippen LogP contribution in [0.3, 0.4) is 0 Å². The Labute approximate surface area is 127 Å². The first kappa shape index (κ1) is 13.8. The zero-order chi connectivity index (χ0) is 14.7. The molecule has 0 aliphatic rings. The SMILES string of the molecule is Cc1ccc(-c2ccc([Si](O)c3ccccc3)cc2)cc1. The Bertz CT molecular complexity index is 703. The van der Waals surface area contributed by atoms with E-state index in [1.54, 1.807) is 0 Å². The summed E-state index contributed by atoms with van der Waals surface area (Å²) >= 11 is 0. The van der Waals surface area contributed by atoms with Crippen LogP contribution in [-0.4, -0.2) is 13.8 Å². The van der Waals surface area contributed by atoms with Gasteiger partial charge in [0.05, 0.1) is 0 Å². The maximum absolute atomic E-state index is 10.5. The van der Waals surface area contributed by atoms with Gasteiger partial charge in [-0.15, -0.1) is 0 Å². The molecule has 1 N–H and O–H groups in total. The first-order valence-corrected chi connectivity index (χ1v) is 8.47. The third kappa shape index (κ3) is 3.12. The number of hydrogen-bond donors (Lipinski definition) is 1. The van der Waals surface area contributed by atoms with E-state index in [1.165, 1.54) is 16.7 Å². The van der Waals surface area contributed by atoms with Crippen molar-refractivity contribution in [2.45, 2.75) is 6.92 Å². The number of hydrogen-bond acceptors (Lipinski definition) is 1. The summed E-state index contributed by atoms with van der Waals surface area (Å²) in [6, 6.07) is 26.6. The fourth-order valence-electron chi connectivity index (χ4n) is 2.33. The Morgan fingerprint density at radius 2 is 1.10 bits per heavy atom. The molecule has 0 heterocycles. The van der Waals surface area contributed by atoms with Gasteiger partial charge in [-0.05, 0) is 28.4 Å². The summed E-state index contributed by atoms with van der Waals surface area (Å²) in [6.45, 7) is 2.09. The summed E-state index contributed by atoms with van der Waals surface area (Å²) in [5, 5.41) is 2.03. The fraction of sp³-hybridized carbons (Fsp3) is 0.0526. The lowest BCUT2D eigenvalue weighted by atomic mass is 10.0. The lowest BCUT2D eigenvalue weighted by Crippen LogP contribution is -2.42. The molecule has 0 unspecified atom stereocenters. The van der Waals surface area contributed by atoms with Crippen LogP contribution in [0.4, 0.5) is 0 Å². The van der Waals surface area contributed by atoms with Crippen LogP contribution in [0, 0.1) is 6.92 Å². The average Bonchev–Trinajstić information content (AvgIpc) is 2.56. The van der Waals surface area contributed by atoms with Gasteiger partial charge < -0.3 is 4.80 Å². The number of rotatable bonds is 3. The molecule has 3 rings (SSSR count). The highest BCUT2D eigenvalue weighted by atomic mass is 28.3. The van der Waals surface area contributed by atoms with Crippen LogP contribution >= 0.6 is 0 Å². The maximum Gasteiger partial charge on any atom is 0.280 e. The van der Waals surface area contributed by atoms with Crippen molar-refractivity contribution in [3.8, 4) is 11.1 Å². The van der Waals surface area contributed by atoms with E-state index in [-0.39, 0.29) is 0 Å². The highest BCUT2D eigenvalue weighted by molar-refractivity contribution is 6.78. The summed E-state index contributed by atoms with van der Waals surface area (Å²) in [5.74, 6) is 0. The second-order valence-electron chi connectivity index (χ2n) is 5.16. The first-order chi connectivity index (χ1) is 10.2. The normalized spacial score (nSPS) is 10.8. The average molecular weight is 289 g/mol. The zero-order valence-corrected chi connectivity index (χ0v) is 13.0. The van der Waals surface area contributed by atoms with Crippen molar-refractivity contribution in [1.29, 1.82) is 0 Å². The van der Waals surface area contributed by atoms with E-state index in [0.29, 0.717) is 0 Å². The Morgan fingerprint density at radius 3 is 1.67 bits per heavy atom. The van der Waals surface area contributed by atoms with E-state index in [4.69, 9.17) is 0 Å². The molecule has 3 aromatic carbocycles. The van der Waals surface area contributed by atoms with Crippen molar-refractivity contribution < 1.29 is 4.80 Å². The van der Waals surface area contributed by atoms with Gasteiger partial charge in [-0.3, -0.25) is 0 Å². The van der Waals surface area contributed by atoms with Gasteiger partial charge in [0.2, 0.25) is 0 Å². The van der Waals surface area contributed by atoms with Crippen molar-refractivity contribution in [3.05, 3.63) is 84.4 Å². The molecule has 0 fully saturated rings. The molecule has 21 heavy (non-hydrogen) atoms. The topological polar surface area (TPSA) is 20.2 Å². The molecule has 103 valence electrons. The summed E-state index contributed by atoms with van der Waals surface area (Å²) in [6.07, 6.45) is 0. The minimum atomic E-state index is -1.65. The van der Waals surface area contributed by atoms with Crippen LogP contribution in [-0.2, 0) is 0 Å². The van der Waals surface area contributed by atoms with Crippen LogP contribution in [0.5, 0.6) is 0 Å². The van der Waals surface area contributed by atoms with E-state index in [0.717, 1.165) is 10.4 Å². The summed E-state index contributed by atoms with van der Waals surface area (Å²) in [4.78, 5) is 10.5. The Hall–Kier alpha value is -2.16. The van der Waals surface area contributed by atoms with Crippen LogP contribution in [0.25, 0.3) is 11.1 Å². The number of aryl methyl sites for hydroxylation is 1. The largest absolute Gasteiger partial charge is 0.424 e. The molecule has 0 bridgehead atoms. The van der Waals surface area contributed by atoms with Crippen molar-refractivity contribution in [2.75, 3.05) is 0 Å². The Balaban J connectivity index is 1.85. The predicted octanol–water partition coefficient (Wildman–Crippen LogP) is 2.76. The van der Waals surface area contributed by atoms with E-state index in [1.807, 2.05) is 42.5 Å². The van der Waals surface area contributed by atoms with Gasteiger partial charge in [0, 0.05) is 0 Å². The Morgan fingerprint density at radius 1 is 0.619 bits per heavy atom. The maximum atomic E-state index is 10.5. The van der Waals surface area contributed by atoms with Crippen LogP contribution in [0.2, 0.25) is 0 Å². The fourth-order valence-corrected chi connectivity index (χ4v) is 3.65. The van der Waals surface area contributed by atoms with Gasteiger partial charge in [0.15, 0.2) is 0 Å². The molecule has 0 spiro atoms. The van der Waals surface area contributed by atoms with Gasteiger partial charge in [0.1, 0.15) is 0 Å². The number of benzene rings is 3. The molecule has 0 aliphatic carbocycles. The molecule has 0 aromatic heterocycles. The van der Waals surface area contributed by atoms with E-state index < -0.39 is 9.04 Å². The molecule has 0 saturated carbocycles. The van der Waals surface area contributed by atoms with Crippen LogP contribution in [0.15, 0.2) is 78.9 Å². The van der Waals surface area contributed by atoms with Crippen LogP contribution < -0.4 is 10.4 Å². The lowest BCUT2D eigenvalue weighted by Gasteiger charge is -2.09. The predicted molar refractivity (Wildman–Crippen MR) is 90.3 cm³/mol. The first-order valence-electron chi connectivity index (χ1n) is 7.03. The minimum absolute atomic E-state index is 1.02. The van der Waals surface area contributed by atoms with E-state index in [2.05, 4.69) is 43.3 Å². The van der Waals surface area contributed by atoms with E-state index >= 15 is 0 Å². The molecule has 1 nitrogen and oxygen atoms in total. The quantitative estimate of drug-likeness (QED) is 0.735. The van der Waals surface area contributed by atoms with E-state index in [9.17, 15) is 4.80 Å². The summed E-state index contributed by atoms with van der Waals surface area (Å²) in [5.41, 5.74) is 3.65. The van der Waals surface area contributed by atoms with Crippen molar-refractivity contribution in [2.24, 2.45) is 0 Å². The second-order valence-corrected chi connectivity index (χ2v) is 7.01. The molecule has 0 aliphatic heterocycles. The molecule has 0 atom stereocenters.